The van der Waals surface area contributed by atoms with E-state index in [0.29, 0.717) is 12.5 Å². The fourth-order valence-electron chi connectivity index (χ4n) is 3.03. The third-order valence-corrected chi connectivity index (χ3v) is 4.70. The molecule has 0 aliphatic heterocycles. The van der Waals surface area contributed by atoms with Crippen molar-refractivity contribution in [2.75, 3.05) is 33.7 Å². The second kappa shape index (κ2) is 12.2. The molecule has 0 aliphatic carbocycles. The average Bonchev–Trinajstić information content (AvgIpc) is 2.68. The summed E-state index contributed by atoms with van der Waals surface area (Å²) in [6.07, 6.45) is 0. The molecule has 2 atom stereocenters. The van der Waals surface area contributed by atoms with Crippen molar-refractivity contribution in [2.45, 2.75) is 25.5 Å². The van der Waals surface area contributed by atoms with Crippen molar-refractivity contribution in [3.63, 3.8) is 0 Å². The number of halogens is 3. The maximum atomic E-state index is 14.3. The van der Waals surface area contributed by atoms with E-state index in [1.165, 1.54) is 18.2 Å². The normalized spacial score (nSPS) is 14.6. The zero-order valence-electron chi connectivity index (χ0n) is 17.8. The second-order valence-electron chi connectivity index (χ2n) is 7.33. The van der Waals surface area contributed by atoms with Crippen LogP contribution in [0, 0.1) is 11.6 Å². The highest BCUT2D eigenvalue weighted by Crippen LogP contribution is 2.24. The van der Waals surface area contributed by atoms with Crippen molar-refractivity contribution in [2.24, 2.45) is 4.99 Å². The first-order valence-electron chi connectivity index (χ1n) is 9.66. The number of aliphatic imine (C=N–C) groups is 1. The van der Waals surface area contributed by atoms with E-state index in [1.807, 2.05) is 37.3 Å². The zero-order valence-corrected chi connectivity index (χ0v) is 20.2. The van der Waals surface area contributed by atoms with Gasteiger partial charge in [-0.3, -0.25) is 0 Å². The smallest absolute Gasteiger partial charge is 0.191 e. The Balaban J connectivity index is 0.00000450. The van der Waals surface area contributed by atoms with E-state index < -0.39 is 23.3 Å². The number of likely N-dealkylation sites (N-methyl/N-ethyl adjacent to an activating group) is 1. The van der Waals surface area contributed by atoms with E-state index in [2.05, 4.69) is 15.6 Å². The predicted molar refractivity (Wildman–Crippen MR) is 128 cm³/mol. The molecular formula is C22H31F2IN4O. The summed E-state index contributed by atoms with van der Waals surface area (Å²) in [6, 6.07) is 12.6. The summed E-state index contributed by atoms with van der Waals surface area (Å²) in [7, 11) is 3.53. The van der Waals surface area contributed by atoms with Crippen molar-refractivity contribution in [1.29, 1.82) is 0 Å². The van der Waals surface area contributed by atoms with Crippen molar-refractivity contribution in [3.05, 3.63) is 71.3 Å². The van der Waals surface area contributed by atoms with Gasteiger partial charge in [0.05, 0.1) is 12.6 Å². The quantitative estimate of drug-likeness (QED) is 0.276. The summed E-state index contributed by atoms with van der Waals surface area (Å²) in [6.45, 7) is 4.61. The number of benzene rings is 2. The van der Waals surface area contributed by atoms with Crippen LogP contribution in [-0.4, -0.2) is 49.7 Å². The molecule has 0 fully saturated rings. The molecule has 0 aromatic heterocycles. The standard InChI is InChI=1S/C22H30F2N4O.HI/c1-5-25-21(27-15-22(2,29)16-10-7-6-8-11-16)26-14-19(28(3)4)20-17(23)12-9-13-18(20)24;/h6-13,19,29H,5,14-15H2,1-4H3,(H2,25,26,27);1H. The van der Waals surface area contributed by atoms with Gasteiger partial charge in [0.15, 0.2) is 5.96 Å². The minimum atomic E-state index is -1.14. The topological polar surface area (TPSA) is 59.9 Å². The van der Waals surface area contributed by atoms with Gasteiger partial charge < -0.3 is 20.6 Å². The van der Waals surface area contributed by atoms with Gasteiger partial charge in [-0.05, 0) is 45.6 Å². The number of hydrogen-bond acceptors (Lipinski definition) is 3. The molecule has 0 radical (unpaired) electrons. The van der Waals surface area contributed by atoms with Gasteiger partial charge in [-0.1, -0.05) is 36.4 Å². The molecule has 0 bridgehead atoms. The molecule has 0 aliphatic rings. The average molecular weight is 532 g/mol. The number of aliphatic hydroxyl groups is 1. The van der Waals surface area contributed by atoms with Crippen LogP contribution in [0.4, 0.5) is 8.78 Å². The molecule has 2 aromatic carbocycles. The van der Waals surface area contributed by atoms with Gasteiger partial charge in [-0.15, -0.1) is 24.0 Å². The maximum Gasteiger partial charge on any atom is 0.191 e. The summed E-state index contributed by atoms with van der Waals surface area (Å²) in [5, 5.41) is 17.0. The largest absolute Gasteiger partial charge is 0.384 e. The van der Waals surface area contributed by atoms with Crippen molar-refractivity contribution < 1.29 is 13.9 Å². The number of nitrogens with one attached hydrogen (secondary N) is 2. The summed E-state index contributed by atoms with van der Waals surface area (Å²) in [4.78, 5) is 6.22. The van der Waals surface area contributed by atoms with Crippen LogP contribution in [0.3, 0.4) is 0 Å². The van der Waals surface area contributed by atoms with E-state index in [4.69, 9.17) is 0 Å². The fraction of sp³-hybridized carbons (Fsp3) is 0.409. The Kier molecular flexibility index (Phi) is 10.6. The lowest BCUT2D eigenvalue weighted by Gasteiger charge is -2.27. The van der Waals surface area contributed by atoms with E-state index in [-0.39, 0.29) is 42.6 Å². The molecule has 2 aromatic rings. The molecule has 0 spiro atoms. The van der Waals surface area contributed by atoms with Gasteiger partial charge in [0.25, 0.3) is 0 Å². The van der Waals surface area contributed by atoms with Crippen LogP contribution < -0.4 is 10.6 Å². The third-order valence-electron chi connectivity index (χ3n) is 4.70. The van der Waals surface area contributed by atoms with E-state index >= 15 is 0 Å². The second-order valence-corrected chi connectivity index (χ2v) is 7.33. The predicted octanol–water partition coefficient (Wildman–Crippen LogP) is 3.65. The highest BCUT2D eigenvalue weighted by atomic mass is 127. The minimum Gasteiger partial charge on any atom is -0.384 e. The van der Waals surface area contributed by atoms with E-state index in [0.717, 1.165) is 5.56 Å². The van der Waals surface area contributed by atoms with Gasteiger partial charge in [0.1, 0.15) is 17.2 Å². The van der Waals surface area contributed by atoms with Gasteiger partial charge in [0, 0.05) is 18.7 Å². The van der Waals surface area contributed by atoms with Crippen molar-refractivity contribution >= 4 is 29.9 Å². The van der Waals surface area contributed by atoms with Crippen LogP contribution in [0.25, 0.3) is 0 Å². The molecule has 30 heavy (non-hydrogen) atoms. The molecule has 0 saturated carbocycles. The highest BCUT2D eigenvalue weighted by molar-refractivity contribution is 14.0. The monoisotopic (exact) mass is 532 g/mol. The van der Waals surface area contributed by atoms with E-state index in [9.17, 15) is 13.9 Å². The Morgan fingerprint density at radius 2 is 1.67 bits per heavy atom. The summed E-state index contributed by atoms with van der Waals surface area (Å²) >= 11 is 0. The number of nitrogens with zero attached hydrogens (tertiary/aromatic N) is 2. The van der Waals surface area contributed by atoms with Crippen molar-refractivity contribution in [3.8, 4) is 0 Å². The minimum absolute atomic E-state index is 0. The first-order valence-corrected chi connectivity index (χ1v) is 9.66. The molecule has 3 N–H and O–H groups in total. The molecule has 8 heteroatoms. The summed E-state index contributed by atoms with van der Waals surface area (Å²) < 4.78 is 28.5. The Hall–Kier alpha value is -1.78. The first-order chi connectivity index (χ1) is 13.8. The summed E-state index contributed by atoms with van der Waals surface area (Å²) in [5.41, 5.74) is -0.362. The molecule has 0 saturated heterocycles. The van der Waals surface area contributed by atoms with Crippen LogP contribution in [0.5, 0.6) is 0 Å². The van der Waals surface area contributed by atoms with E-state index in [1.54, 1.807) is 25.9 Å². The highest BCUT2D eigenvalue weighted by Gasteiger charge is 2.24. The molecule has 2 rings (SSSR count). The zero-order chi connectivity index (χ0) is 21.4. The Labute approximate surface area is 194 Å². The fourth-order valence-corrected chi connectivity index (χ4v) is 3.03. The van der Waals surface area contributed by atoms with Crippen LogP contribution in [0.1, 0.15) is 31.0 Å². The molecule has 166 valence electrons. The molecule has 2 unspecified atom stereocenters. The number of guanidine groups is 1. The van der Waals surface area contributed by atoms with Gasteiger partial charge in [-0.25, -0.2) is 13.8 Å². The number of hydrogen-bond donors (Lipinski definition) is 3. The third kappa shape index (κ3) is 7.17. The van der Waals surface area contributed by atoms with Gasteiger partial charge in [-0.2, -0.15) is 0 Å². The van der Waals surface area contributed by atoms with Crippen LogP contribution in [0.2, 0.25) is 0 Å². The molecule has 5 nitrogen and oxygen atoms in total. The molecular weight excluding hydrogens is 501 g/mol. The number of rotatable bonds is 8. The first kappa shape index (κ1) is 26.3. The molecule has 0 heterocycles. The van der Waals surface area contributed by atoms with Crippen LogP contribution in [0.15, 0.2) is 53.5 Å². The lowest BCUT2D eigenvalue weighted by molar-refractivity contribution is 0.0672. The molecule has 0 amide bonds. The lowest BCUT2D eigenvalue weighted by Crippen LogP contribution is -2.43. The van der Waals surface area contributed by atoms with Crippen LogP contribution >= 0.6 is 24.0 Å². The van der Waals surface area contributed by atoms with Gasteiger partial charge >= 0.3 is 0 Å². The van der Waals surface area contributed by atoms with Crippen molar-refractivity contribution in [1.82, 2.24) is 15.5 Å². The Bertz CT molecular complexity index is 796. The summed E-state index contributed by atoms with van der Waals surface area (Å²) in [5.74, 6) is -0.703. The van der Waals surface area contributed by atoms with Crippen LogP contribution in [-0.2, 0) is 5.60 Å². The van der Waals surface area contributed by atoms with Gasteiger partial charge in [0.2, 0.25) is 0 Å². The SMILES string of the molecule is CCNC(=NCC(C)(O)c1ccccc1)NCC(c1c(F)cccc1F)N(C)C.I. The Morgan fingerprint density at radius 3 is 2.20 bits per heavy atom. The maximum absolute atomic E-state index is 14.3. The lowest BCUT2D eigenvalue weighted by atomic mass is 9.96. The Morgan fingerprint density at radius 1 is 1.07 bits per heavy atom.